The highest BCUT2D eigenvalue weighted by atomic mass is 19.1. The van der Waals surface area contributed by atoms with Gasteiger partial charge in [-0.25, -0.2) is 4.39 Å². The molecule has 1 amide bonds. The zero-order chi connectivity index (χ0) is 14.4. The van der Waals surface area contributed by atoms with Crippen LogP contribution in [0.1, 0.15) is 11.4 Å². The number of carbonyl (C=O) groups is 1. The molecule has 0 saturated carbocycles. The molecular formula is C12H12FN5O2. The zero-order valence-electron chi connectivity index (χ0n) is 10.6. The number of rotatable bonds is 5. The van der Waals surface area contributed by atoms with Gasteiger partial charge in [0.1, 0.15) is 0 Å². The van der Waals surface area contributed by atoms with Gasteiger partial charge in [0.25, 0.3) is 0 Å². The summed E-state index contributed by atoms with van der Waals surface area (Å²) in [5, 5.41) is 15.6. The lowest BCUT2D eigenvalue weighted by atomic mass is 10.2. The third-order valence-electron chi connectivity index (χ3n) is 2.41. The Bertz CT molecular complexity index is 612. The molecular weight excluding hydrogens is 265 g/mol. The molecule has 0 unspecified atom stereocenters. The minimum Gasteiger partial charge on any atom is -0.494 e. The van der Waals surface area contributed by atoms with Gasteiger partial charge in [-0.1, -0.05) is 11.3 Å². The van der Waals surface area contributed by atoms with Crippen LogP contribution in [-0.2, 0) is 11.3 Å². The van der Waals surface area contributed by atoms with Crippen molar-refractivity contribution < 1.29 is 13.9 Å². The molecule has 20 heavy (non-hydrogen) atoms. The van der Waals surface area contributed by atoms with Crippen LogP contribution in [0.3, 0.4) is 0 Å². The van der Waals surface area contributed by atoms with Crippen LogP contribution in [0, 0.1) is 5.82 Å². The highest BCUT2D eigenvalue weighted by molar-refractivity contribution is 5.91. The van der Waals surface area contributed by atoms with Crippen molar-refractivity contribution in [2.24, 2.45) is 0 Å². The Morgan fingerprint density at radius 3 is 3.05 bits per heavy atom. The highest BCUT2D eigenvalue weighted by Gasteiger charge is 2.03. The number of hydrogen-bond donors (Lipinski definition) is 2. The quantitative estimate of drug-likeness (QED) is 0.784. The topological polar surface area (TPSA) is 92.8 Å². The van der Waals surface area contributed by atoms with E-state index in [-0.39, 0.29) is 18.2 Å². The maximum absolute atomic E-state index is 13.4. The largest absolute Gasteiger partial charge is 0.494 e. The van der Waals surface area contributed by atoms with Crippen LogP contribution in [0.25, 0.3) is 6.08 Å². The van der Waals surface area contributed by atoms with E-state index in [9.17, 15) is 9.18 Å². The van der Waals surface area contributed by atoms with E-state index >= 15 is 0 Å². The Morgan fingerprint density at radius 1 is 1.55 bits per heavy atom. The number of H-pyrrole nitrogens is 1. The van der Waals surface area contributed by atoms with Crippen LogP contribution in [0.2, 0.25) is 0 Å². The summed E-state index contributed by atoms with van der Waals surface area (Å²) in [5.41, 5.74) is 0.554. The smallest absolute Gasteiger partial charge is 0.244 e. The molecule has 0 saturated heterocycles. The molecule has 8 heteroatoms. The maximum atomic E-state index is 13.4. The molecule has 104 valence electrons. The number of carbonyl (C=O) groups excluding carboxylic acids is 1. The van der Waals surface area contributed by atoms with Crippen LogP contribution < -0.4 is 10.1 Å². The van der Waals surface area contributed by atoms with E-state index in [1.165, 1.54) is 31.4 Å². The molecule has 0 fully saturated rings. The van der Waals surface area contributed by atoms with Gasteiger partial charge in [0.05, 0.1) is 13.7 Å². The molecule has 0 aliphatic heterocycles. The number of benzene rings is 1. The first-order valence-corrected chi connectivity index (χ1v) is 5.71. The predicted octanol–water partition coefficient (Wildman–Crippen LogP) is 0.677. The van der Waals surface area contributed by atoms with Crippen molar-refractivity contribution in [3.8, 4) is 5.75 Å². The molecule has 1 heterocycles. The highest BCUT2D eigenvalue weighted by Crippen LogP contribution is 2.18. The molecule has 2 N–H and O–H groups in total. The number of amides is 1. The van der Waals surface area contributed by atoms with Gasteiger partial charge in [-0.3, -0.25) is 4.79 Å². The molecule has 0 aliphatic rings. The number of hydrogen-bond acceptors (Lipinski definition) is 5. The van der Waals surface area contributed by atoms with Gasteiger partial charge >= 0.3 is 0 Å². The summed E-state index contributed by atoms with van der Waals surface area (Å²) in [7, 11) is 1.39. The average Bonchev–Trinajstić information content (AvgIpc) is 2.96. The predicted molar refractivity (Wildman–Crippen MR) is 68.0 cm³/mol. The average molecular weight is 277 g/mol. The van der Waals surface area contributed by atoms with Gasteiger partial charge < -0.3 is 10.1 Å². The molecule has 2 aromatic rings. The first kappa shape index (κ1) is 13.7. The van der Waals surface area contributed by atoms with Crippen LogP contribution in [0.5, 0.6) is 5.75 Å². The van der Waals surface area contributed by atoms with Crippen LogP contribution >= 0.6 is 0 Å². The summed E-state index contributed by atoms with van der Waals surface area (Å²) in [4.78, 5) is 11.5. The monoisotopic (exact) mass is 277 g/mol. The molecule has 1 aromatic carbocycles. The van der Waals surface area contributed by atoms with Crippen molar-refractivity contribution in [1.82, 2.24) is 25.9 Å². The second-order valence-electron chi connectivity index (χ2n) is 3.77. The number of aromatic amines is 1. The molecule has 1 aromatic heterocycles. The van der Waals surface area contributed by atoms with Crippen LogP contribution in [0.15, 0.2) is 24.3 Å². The van der Waals surface area contributed by atoms with E-state index in [2.05, 4.69) is 25.9 Å². The van der Waals surface area contributed by atoms with E-state index in [1.807, 2.05) is 0 Å². The lowest BCUT2D eigenvalue weighted by Crippen LogP contribution is -2.20. The fraction of sp³-hybridized carbons (Fsp3) is 0.167. The first-order chi connectivity index (χ1) is 9.69. The summed E-state index contributed by atoms with van der Waals surface area (Å²) < 4.78 is 18.2. The molecule has 0 atom stereocenters. The van der Waals surface area contributed by atoms with Gasteiger partial charge in [-0.15, -0.1) is 10.2 Å². The van der Waals surface area contributed by atoms with Gasteiger partial charge in [0.15, 0.2) is 17.4 Å². The third-order valence-corrected chi connectivity index (χ3v) is 2.41. The van der Waals surface area contributed by atoms with Crippen molar-refractivity contribution in [2.75, 3.05) is 7.11 Å². The normalized spacial score (nSPS) is 10.7. The molecule has 0 bridgehead atoms. The van der Waals surface area contributed by atoms with Crippen molar-refractivity contribution >= 4 is 12.0 Å². The fourth-order valence-electron chi connectivity index (χ4n) is 1.44. The number of halogens is 1. The number of nitrogens with zero attached hydrogens (tertiary/aromatic N) is 3. The Hall–Kier alpha value is -2.77. The zero-order valence-corrected chi connectivity index (χ0v) is 10.6. The lowest BCUT2D eigenvalue weighted by molar-refractivity contribution is -0.116. The van der Waals surface area contributed by atoms with E-state index < -0.39 is 5.82 Å². The third kappa shape index (κ3) is 3.61. The number of tetrazole rings is 1. The van der Waals surface area contributed by atoms with E-state index in [0.29, 0.717) is 11.4 Å². The Labute approximate surface area is 113 Å². The minimum atomic E-state index is -0.484. The summed E-state index contributed by atoms with van der Waals surface area (Å²) in [6.07, 6.45) is 2.79. The van der Waals surface area contributed by atoms with Crippen molar-refractivity contribution in [2.45, 2.75) is 6.54 Å². The fourth-order valence-corrected chi connectivity index (χ4v) is 1.44. The second-order valence-corrected chi connectivity index (χ2v) is 3.77. The molecule has 0 aliphatic carbocycles. The Balaban J connectivity index is 1.91. The maximum Gasteiger partial charge on any atom is 0.244 e. The first-order valence-electron chi connectivity index (χ1n) is 5.71. The summed E-state index contributed by atoms with van der Waals surface area (Å²) in [6, 6.07) is 4.42. The number of nitrogens with one attached hydrogen (secondary N) is 2. The summed E-state index contributed by atoms with van der Waals surface area (Å²) in [5.74, 6) is -0.293. The van der Waals surface area contributed by atoms with Gasteiger partial charge in [-0.2, -0.15) is 5.21 Å². The number of ether oxygens (including phenoxy) is 1. The van der Waals surface area contributed by atoms with E-state index in [1.54, 1.807) is 6.07 Å². The van der Waals surface area contributed by atoms with Crippen molar-refractivity contribution in [3.63, 3.8) is 0 Å². The summed E-state index contributed by atoms with van der Waals surface area (Å²) >= 11 is 0. The van der Waals surface area contributed by atoms with E-state index in [4.69, 9.17) is 4.74 Å². The van der Waals surface area contributed by atoms with Gasteiger partial charge in [-0.05, 0) is 23.8 Å². The van der Waals surface area contributed by atoms with E-state index in [0.717, 1.165) is 0 Å². The molecule has 0 spiro atoms. The van der Waals surface area contributed by atoms with Gasteiger partial charge in [0, 0.05) is 6.08 Å². The minimum absolute atomic E-state index is 0.156. The molecule has 0 radical (unpaired) electrons. The van der Waals surface area contributed by atoms with Gasteiger partial charge in [0.2, 0.25) is 5.91 Å². The Morgan fingerprint density at radius 2 is 2.40 bits per heavy atom. The standard InChI is InChI=1S/C12H12FN5O2/c1-20-10-4-2-8(6-9(10)13)3-5-12(19)14-7-11-15-17-18-16-11/h2-6H,7H2,1H3,(H,14,19)(H,15,16,17,18). The van der Waals surface area contributed by atoms with Crippen LogP contribution in [0.4, 0.5) is 4.39 Å². The SMILES string of the molecule is COc1ccc(C=CC(=O)NCc2nn[nH]n2)cc1F. The molecule has 2 rings (SSSR count). The molecule has 7 nitrogen and oxygen atoms in total. The van der Waals surface area contributed by atoms with Crippen molar-refractivity contribution in [1.29, 1.82) is 0 Å². The summed E-state index contributed by atoms with van der Waals surface area (Å²) in [6.45, 7) is 0.163. The number of methoxy groups -OCH3 is 1. The Kier molecular flexibility index (Phi) is 4.38. The van der Waals surface area contributed by atoms with Crippen LogP contribution in [-0.4, -0.2) is 33.6 Å². The lowest BCUT2D eigenvalue weighted by Gasteiger charge is -2.02. The second kappa shape index (κ2) is 6.41. The van der Waals surface area contributed by atoms with Crippen molar-refractivity contribution in [3.05, 3.63) is 41.5 Å². The number of aromatic nitrogens is 4.